The summed E-state index contributed by atoms with van der Waals surface area (Å²) in [6.45, 7) is 0. The Bertz CT molecular complexity index is 275. The van der Waals surface area contributed by atoms with Gasteiger partial charge in [0.1, 0.15) is 0 Å². The normalized spacial score (nSPS) is 9.73. The fourth-order valence-corrected chi connectivity index (χ4v) is 1.01. The summed E-state index contributed by atoms with van der Waals surface area (Å²) in [5.74, 6) is -1.04. The van der Waals surface area contributed by atoms with Crippen molar-refractivity contribution in [2.24, 2.45) is 0 Å². The van der Waals surface area contributed by atoms with Crippen molar-refractivity contribution in [3.63, 3.8) is 0 Å². The molecule has 11 heavy (non-hydrogen) atoms. The summed E-state index contributed by atoms with van der Waals surface area (Å²) in [4.78, 5) is 0. The van der Waals surface area contributed by atoms with Crippen LogP contribution in [0.15, 0.2) is 16.6 Å². The number of rotatable bonds is 1. The van der Waals surface area contributed by atoms with E-state index in [1.54, 1.807) is 0 Å². The predicted molar refractivity (Wildman–Crippen MR) is 42.3 cm³/mol. The molecule has 0 atom stereocenters. The molecule has 0 amide bonds. The second-order valence-electron chi connectivity index (χ2n) is 1.91. The van der Waals surface area contributed by atoms with E-state index in [1.165, 1.54) is 19.2 Å². The highest BCUT2D eigenvalue weighted by Crippen LogP contribution is 2.32. The number of benzene rings is 1. The summed E-state index contributed by atoms with van der Waals surface area (Å²) >= 11 is 2.92. The first-order chi connectivity index (χ1) is 5.16. The van der Waals surface area contributed by atoms with E-state index in [0.717, 1.165) is 0 Å². The van der Waals surface area contributed by atoms with E-state index in [1.807, 2.05) is 0 Å². The summed E-state index contributed by atoms with van der Waals surface area (Å²) in [7, 11) is 1.36. The molecule has 1 rings (SSSR count). The molecule has 0 heterocycles. The molecule has 4 heteroatoms. The third-order valence-corrected chi connectivity index (χ3v) is 1.86. The van der Waals surface area contributed by atoms with Crippen molar-refractivity contribution in [1.82, 2.24) is 0 Å². The van der Waals surface area contributed by atoms with Crippen LogP contribution in [-0.2, 0) is 0 Å². The number of methoxy groups -OCH3 is 1. The van der Waals surface area contributed by atoms with Crippen LogP contribution in [0.3, 0.4) is 0 Å². The van der Waals surface area contributed by atoms with Crippen molar-refractivity contribution in [1.29, 1.82) is 0 Å². The maximum absolute atomic E-state index is 12.8. The van der Waals surface area contributed by atoms with Gasteiger partial charge in [-0.3, -0.25) is 0 Å². The lowest BCUT2D eigenvalue weighted by Gasteiger charge is -2.03. The maximum atomic E-state index is 12.8. The van der Waals surface area contributed by atoms with E-state index in [9.17, 15) is 4.39 Å². The molecule has 1 aromatic rings. The lowest BCUT2D eigenvalue weighted by molar-refractivity contribution is 0.356. The van der Waals surface area contributed by atoms with Crippen molar-refractivity contribution in [3.8, 4) is 11.5 Å². The molecule has 0 aliphatic rings. The minimum atomic E-state index is -0.704. The molecule has 0 fully saturated rings. The van der Waals surface area contributed by atoms with Crippen LogP contribution in [0.1, 0.15) is 0 Å². The Labute approximate surface area is 71.7 Å². The highest BCUT2D eigenvalue weighted by molar-refractivity contribution is 9.10. The number of halogens is 2. The van der Waals surface area contributed by atoms with Crippen molar-refractivity contribution in [2.75, 3.05) is 7.11 Å². The average Bonchev–Trinajstić information content (AvgIpc) is 2.01. The largest absolute Gasteiger partial charge is 0.502 e. The number of ether oxygens (including phenoxy) is 1. The second-order valence-corrected chi connectivity index (χ2v) is 2.77. The molecule has 2 nitrogen and oxygen atoms in total. The minimum Gasteiger partial charge on any atom is -0.502 e. The van der Waals surface area contributed by atoms with Gasteiger partial charge in [0.05, 0.1) is 11.6 Å². The first kappa shape index (κ1) is 8.33. The Morgan fingerprint density at radius 3 is 2.73 bits per heavy atom. The topological polar surface area (TPSA) is 29.5 Å². The van der Waals surface area contributed by atoms with E-state index in [0.29, 0.717) is 0 Å². The summed E-state index contributed by atoms with van der Waals surface area (Å²) in [6, 6.07) is 2.94. The van der Waals surface area contributed by atoms with Crippen LogP contribution in [-0.4, -0.2) is 12.2 Å². The highest BCUT2D eigenvalue weighted by atomic mass is 79.9. The van der Waals surface area contributed by atoms with Crippen LogP contribution in [0.2, 0.25) is 0 Å². The molecule has 60 valence electrons. The van der Waals surface area contributed by atoms with Crippen molar-refractivity contribution >= 4 is 15.9 Å². The number of hydrogen-bond acceptors (Lipinski definition) is 2. The van der Waals surface area contributed by atoms with E-state index >= 15 is 0 Å². The van der Waals surface area contributed by atoms with E-state index in [4.69, 9.17) is 5.11 Å². The maximum Gasteiger partial charge on any atom is 0.195 e. The zero-order chi connectivity index (χ0) is 8.43. The number of phenols is 1. The van der Waals surface area contributed by atoms with Gasteiger partial charge in [0.2, 0.25) is 0 Å². The molecular formula is C7H6BrFO2. The van der Waals surface area contributed by atoms with Crippen LogP contribution in [0.5, 0.6) is 11.5 Å². The SMILES string of the molecule is COc1ccc(Br)c(F)c1O. The Hall–Kier alpha value is -0.770. The van der Waals surface area contributed by atoms with Crippen LogP contribution in [0.25, 0.3) is 0 Å². The lowest BCUT2D eigenvalue weighted by atomic mass is 10.3. The lowest BCUT2D eigenvalue weighted by Crippen LogP contribution is -1.86. The van der Waals surface area contributed by atoms with Gasteiger partial charge < -0.3 is 9.84 Å². The van der Waals surface area contributed by atoms with Crippen LogP contribution in [0.4, 0.5) is 4.39 Å². The smallest absolute Gasteiger partial charge is 0.195 e. The minimum absolute atomic E-state index is 0.130. The Kier molecular flexibility index (Phi) is 2.34. The average molecular weight is 221 g/mol. The summed E-state index contributed by atoms with van der Waals surface area (Å²) < 4.78 is 17.7. The Balaban J connectivity index is 3.25. The molecule has 0 aromatic heterocycles. The zero-order valence-electron chi connectivity index (χ0n) is 5.77. The number of phenolic OH excluding ortho intramolecular Hbond substituents is 1. The van der Waals surface area contributed by atoms with Gasteiger partial charge in [0.25, 0.3) is 0 Å². The standard InChI is InChI=1S/C7H6BrFO2/c1-11-5-3-2-4(8)6(9)7(5)10/h2-3,10H,1H3. The van der Waals surface area contributed by atoms with Gasteiger partial charge in [-0.15, -0.1) is 0 Å². The molecule has 1 aromatic carbocycles. The Morgan fingerprint density at radius 2 is 2.18 bits per heavy atom. The third kappa shape index (κ3) is 1.45. The monoisotopic (exact) mass is 220 g/mol. The number of aromatic hydroxyl groups is 1. The quantitative estimate of drug-likeness (QED) is 0.788. The fourth-order valence-electron chi connectivity index (χ4n) is 0.687. The third-order valence-electron chi connectivity index (χ3n) is 1.25. The molecular weight excluding hydrogens is 215 g/mol. The van der Waals surface area contributed by atoms with Gasteiger partial charge in [-0.2, -0.15) is 0 Å². The van der Waals surface area contributed by atoms with Gasteiger partial charge in [-0.1, -0.05) is 0 Å². The molecule has 0 spiro atoms. The summed E-state index contributed by atoms with van der Waals surface area (Å²) in [5.41, 5.74) is 0. The molecule has 0 saturated carbocycles. The van der Waals surface area contributed by atoms with Gasteiger partial charge in [-0.25, -0.2) is 4.39 Å². The number of hydrogen-bond donors (Lipinski definition) is 1. The molecule has 1 N–H and O–H groups in total. The van der Waals surface area contributed by atoms with Gasteiger partial charge in [0, 0.05) is 0 Å². The van der Waals surface area contributed by atoms with Crippen LogP contribution >= 0.6 is 15.9 Å². The Morgan fingerprint density at radius 1 is 1.55 bits per heavy atom. The van der Waals surface area contributed by atoms with Crippen molar-refractivity contribution in [2.45, 2.75) is 0 Å². The molecule has 0 unspecified atom stereocenters. The van der Waals surface area contributed by atoms with Gasteiger partial charge in [0.15, 0.2) is 17.3 Å². The van der Waals surface area contributed by atoms with Crippen LogP contribution in [0, 0.1) is 5.82 Å². The first-order valence-corrected chi connectivity index (χ1v) is 3.67. The van der Waals surface area contributed by atoms with Gasteiger partial charge >= 0.3 is 0 Å². The zero-order valence-corrected chi connectivity index (χ0v) is 7.35. The van der Waals surface area contributed by atoms with Crippen LogP contribution < -0.4 is 4.74 Å². The predicted octanol–water partition coefficient (Wildman–Crippen LogP) is 2.30. The second kappa shape index (κ2) is 3.09. The molecule has 0 aliphatic carbocycles. The molecule has 0 bridgehead atoms. The molecule has 0 aliphatic heterocycles. The highest BCUT2D eigenvalue weighted by Gasteiger charge is 2.10. The van der Waals surface area contributed by atoms with Gasteiger partial charge in [-0.05, 0) is 28.1 Å². The summed E-state index contributed by atoms with van der Waals surface area (Å²) in [6.07, 6.45) is 0. The van der Waals surface area contributed by atoms with E-state index < -0.39 is 11.6 Å². The van der Waals surface area contributed by atoms with Crippen molar-refractivity contribution < 1.29 is 14.2 Å². The fraction of sp³-hybridized carbons (Fsp3) is 0.143. The van der Waals surface area contributed by atoms with E-state index in [2.05, 4.69) is 20.7 Å². The first-order valence-electron chi connectivity index (χ1n) is 2.87. The summed E-state index contributed by atoms with van der Waals surface area (Å²) in [5, 5.41) is 9.05. The van der Waals surface area contributed by atoms with E-state index in [-0.39, 0.29) is 10.2 Å². The molecule has 0 saturated heterocycles. The molecule has 0 radical (unpaired) electrons. The van der Waals surface area contributed by atoms with Crippen molar-refractivity contribution in [3.05, 3.63) is 22.4 Å².